The normalized spacial score (nSPS) is 13.1. The Morgan fingerprint density at radius 2 is 2.15 bits per heavy atom. The van der Waals surface area contributed by atoms with Crippen molar-refractivity contribution < 1.29 is 9.59 Å². The lowest BCUT2D eigenvalue weighted by molar-refractivity contribution is -0.128. The molecule has 0 aromatic heterocycles. The Bertz CT molecular complexity index is 512. The van der Waals surface area contributed by atoms with Crippen molar-refractivity contribution in [2.24, 2.45) is 0 Å². The lowest BCUT2D eigenvalue weighted by Crippen LogP contribution is -2.31. The number of aryl methyl sites for hydroxylation is 1. The van der Waals surface area contributed by atoms with Gasteiger partial charge in [0.1, 0.15) is 0 Å². The molecule has 20 heavy (non-hydrogen) atoms. The fourth-order valence-corrected chi connectivity index (χ4v) is 2.30. The number of carbonyl (C=O) groups is 2. The van der Waals surface area contributed by atoms with E-state index in [-0.39, 0.29) is 11.8 Å². The molecule has 1 aromatic carbocycles. The third kappa shape index (κ3) is 3.29. The average molecular weight is 275 g/mol. The van der Waals surface area contributed by atoms with Crippen LogP contribution in [-0.4, -0.2) is 43.9 Å². The topological polar surface area (TPSA) is 61.4 Å². The molecule has 0 aliphatic carbocycles. The molecule has 108 valence electrons. The number of hydrogen-bond acceptors (Lipinski definition) is 3. The Kier molecular flexibility index (Phi) is 4.61. The van der Waals surface area contributed by atoms with Crippen molar-refractivity contribution in [3.63, 3.8) is 0 Å². The molecule has 2 rings (SSSR count). The van der Waals surface area contributed by atoms with Gasteiger partial charge < -0.3 is 15.5 Å². The van der Waals surface area contributed by atoms with E-state index in [2.05, 4.69) is 10.6 Å². The number of fused-ring (bicyclic) bond motifs is 1. The molecule has 5 nitrogen and oxygen atoms in total. The lowest BCUT2D eigenvalue weighted by atomic mass is 9.99. The number of hydrogen-bond donors (Lipinski definition) is 2. The third-order valence-electron chi connectivity index (χ3n) is 3.44. The molecule has 1 aliphatic rings. The van der Waals surface area contributed by atoms with Crippen molar-refractivity contribution in [1.82, 2.24) is 10.2 Å². The van der Waals surface area contributed by atoms with Gasteiger partial charge in [-0.25, -0.2) is 0 Å². The van der Waals surface area contributed by atoms with E-state index in [1.54, 1.807) is 14.1 Å². The highest BCUT2D eigenvalue weighted by molar-refractivity contribution is 6.00. The minimum absolute atomic E-state index is 0.0125. The first-order valence-electron chi connectivity index (χ1n) is 6.93. The van der Waals surface area contributed by atoms with Crippen LogP contribution in [0.4, 0.5) is 5.69 Å². The van der Waals surface area contributed by atoms with Gasteiger partial charge in [0.2, 0.25) is 5.91 Å². The second-order valence-corrected chi connectivity index (χ2v) is 5.16. The van der Waals surface area contributed by atoms with Crippen molar-refractivity contribution in [3.8, 4) is 0 Å². The van der Waals surface area contributed by atoms with Gasteiger partial charge in [-0.1, -0.05) is 12.1 Å². The van der Waals surface area contributed by atoms with Crippen molar-refractivity contribution in [1.29, 1.82) is 0 Å². The molecule has 0 bridgehead atoms. The Balaban J connectivity index is 1.98. The average Bonchev–Trinajstić information content (AvgIpc) is 2.46. The monoisotopic (exact) mass is 275 g/mol. The van der Waals surface area contributed by atoms with Crippen LogP contribution in [0.25, 0.3) is 0 Å². The molecular formula is C15H21N3O2. The Labute approximate surface area is 119 Å². The predicted octanol–water partition coefficient (Wildman–Crippen LogP) is 1.25. The van der Waals surface area contributed by atoms with Crippen LogP contribution in [0.1, 0.15) is 28.8 Å². The first-order chi connectivity index (χ1) is 9.59. The number of rotatable bonds is 4. The molecule has 2 amide bonds. The summed E-state index contributed by atoms with van der Waals surface area (Å²) in [6.45, 7) is 1.26. The van der Waals surface area contributed by atoms with Gasteiger partial charge in [0.05, 0.1) is 11.3 Å². The number of carbonyl (C=O) groups excluding carboxylic acids is 2. The summed E-state index contributed by atoms with van der Waals surface area (Å²) in [7, 11) is 3.42. The molecule has 1 aliphatic heterocycles. The highest BCUT2D eigenvalue weighted by atomic mass is 16.2. The molecular weight excluding hydrogens is 254 g/mol. The SMILES string of the molecule is CN(C)C(=O)CCNC(=O)c1cccc2c1NCCC2. The second kappa shape index (κ2) is 6.41. The Morgan fingerprint density at radius 3 is 2.90 bits per heavy atom. The number of amides is 2. The van der Waals surface area contributed by atoms with Crippen LogP contribution in [0.2, 0.25) is 0 Å². The first kappa shape index (κ1) is 14.4. The van der Waals surface area contributed by atoms with Gasteiger partial charge in [0.25, 0.3) is 5.91 Å². The van der Waals surface area contributed by atoms with E-state index in [1.807, 2.05) is 18.2 Å². The molecule has 0 atom stereocenters. The zero-order valence-electron chi connectivity index (χ0n) is 12.0. The minimum Gasteiger partial charge on any atom is -0.384 e. The van der Waals surface area contributed by atoms with E-state index >= 15 is 0 Å². The van der Waals surface area contributed by atoms with Crippen LogP contribution in [-0.2, 0) is 11.2 Å². The predicted molar refractivity (Wildman–Crippen MR) is 78.9 cm³/mol. The number of nitrogens with one attached hydrogen (secondary N) is 2. The molecule has 2 N–H and O–H groups in total. The molecule has 0 spiro atoms. The Morgan fingerprint density at radius 1 is 1.35 bits per heavy atom. The fraction of sp³-hybridized carbons (Fsp3) is 0.467. The molecule has 0 saturated heterocycles. The van der Waals surface area contributed by atoms with E-state index in [9.17, 15) is 9.59 Å². The number of nitrogens with zero attached hydrogens (tertiary/aromatic N) is 1. The van der Waals surface area contributed by atoms with E-state index in [0.29, 0.717) is 18.5 Å². The number of anilines is 1. The summed E-state index contributed by atoms with van der Waals surface area (Å²) < 4.78 is 0. The third-order valence-corrected chi connectivity index (χ3v) is 3.44. The second-order valence-electron chi connectivity index (χ2n) is 5.16. The smallest absolute Gasteiger partial charge is 0.253 e. The molecule has 0 saturated carbocycles. The van der Waals surface area contributed by atoms with Crippen molar-refractivity contribution >= 4 is 17.5 Å². The van der Waals surface area contributed by atoms with Gasteiger partial charge in [-0.05, 0) is 24.5 Å². The van der Waals surface area contributed by atoms with E-state index in [1.165, 1.54) is 10.5 Å². The lowest BCUT2D eigenvalue weighted by Gasteiger charge is -2.20. The summed E-state index contributed by atoms with van der Waals surface area (Å²) in [6.07, 6.45) is 2.42. The molecule has 0 unspecified atom stereocenters. The van der Waals surface area contributed by atoms with Crippen LogP contribution >= 0.6 is 0 Å². The molecule has 1 heterocycles. The van der Waals surface area contributed by atoms with E-state index in [4.69, 9.17) is 0 Å². The van der Waals surface area contributed by atoms with Crippen molar-refractivity contribution in [2.75, 3.05) is 32.5 Å². The van der Waals surface area contributed by atoms with Gasteiger partial charge in [0, 0.05) is 33.6 Å². The fourth-order valence-electron chi connectivity index (χ4n) is 2.30. The van der Waals surface area contributed by atoms with Gasteiger partial charge in [-0.15, -0.1) is 0 Å². The molecule has 0 fully saturated rings. The van der Waals surface area contributed by atoms with Crippen LogP contribution in [0.15, 0.2) is 18.2 Å². The summed E-state index contributed by atoms with van der Waals surface area (Å²) in [6, 6.07) is 5.78. The summed E-state index contributed by atoms with van der Waals surface area (Å²) in [5, 5.41) is 6.10. The summed E-state index contributed by atoms with van der Waals surface area (Å²) in [5.74, 6) is -0.110. The highest BCUT2D eigenvalue weighted by Gasteiger charge is 2.17. The van der Waals surface area contributed by atoms with Gasteiger partial charge in [-0.2, -0.15) is 0 Å². The van der Waals surface area contributed by atoms with E-state index < -0.39 is 0 Å². The van der Waals surface area contributed by atoms with Crippen LogP contribution in [0.3, 0.4) is 0 Å². The van der Waals surface area contributed by atoms with Crippen LogP contribution in [0, 0.1) is 0 Å². The highest BCUT2D eigenvalue weighted by Crippen LogP contribution is 2.25. The van der Waals surface area contributed by atoms with Gasteiger partial charge >= 0.3 is 0 Å². The molecule has 0 radical (unpaired) electrons. The maximum absolute atomic E-state index is 12.2. The largest absolute Gasteiger partial charge is 0.384 e. The van der Waals surface area contributed by atoms with Crippen LogP contribution < -0.4 is 10.6 Å². The summed E-state index contributed by atoms with van der Waals surface area (Å²) in [5.41, 5.74) is 2.79. The van der Waals surface area contributed by atoms with Gasteiger partial charge in [-0.3, -0.25) is 9.59 Å². The van der Waals surface area contributed by atoms with Crippen molar-refractivity contribution in [2.45, 2.75) is 19.3 Å². The standard InChI is InChI=1S/C15H21N3O2/c1-18(2)13(19)8-10-17-15(20)12-7-3-5-11-6-4-9-16-14(11)12/h3,5,7,16H,4,6,8-10H2,1-2H3,(H,17,20). The van der Waals surface area contributed by atoms with Crippen molar-refractivity contribution in [3.05, 3.63) is 29.3 Å². The quantitative estimate of drug-likeness (QED) is 0.869. The minimum atomic E-state index is -0.122. The zero-order chi connectivity index (χ0) is 14.5. The molecule has 5 heteroatoms. The summed E-state index contributed by atoms with van der Waals surface area (Å²) in [4.78, 5) is 25.2. The zero-order valence-corrected chi connectivity index (χ0v) is 12.0. The number of benzene rings is 1. The first-order valence-corrected chi connectivity index (χ1v) is 6.93. The van der Waals surface area contributed by atoms with E-state index in [0.717, 1.165) is 25.1 Å². The van der Waals surface area contributed by atoms with Gasteiger partial charge in [0.15, 0.2) is 0 Å². The summed E-state index contributed by atoms with van der Waals surface area (Å²) >= 11 is 0. The number of para-hydroxylation sites is 1. The maximum atomic E-state index is 12.2. The Hall–Kier alpha value is -2.04. The van der Waals surface area contributed by atoms with Crippen LogP contribution in [0.5, 0.6) is 0 Å². The maximum Gasteiger partial charge on any atom is 0.253 e. The molecule has 1 aromatic rings.